The first kappa shape index (κ1) is 15.6. The lowest BCUT2D eigenvalue weighted by molar-refractivity contribution is -0.132. The molecule has 1 aromatic rings. The maximum atomic E-state index is 12.2. The van der Waals surface area contributed by atoms with Crippen LogP contribution < -0.4 is 10.1 Å². The number of rotatable bonds is 5. The van der Waals surface area contributed by atoms with E-state index in [1.165, 1.54) is 7.11 Å². The number of carbonyl (C=O) groups is 1. The molecule has 1 amide bonds. The number of hydrogen-bond donors (Lipinski definition) is 2. The van der Waals surface area contributed by atoms with E-state index < -0.39 is 0 Å². The predicted octanol–water partition coefficient (Wildman–Crippen LogP) is 1.40. The van der Waals surface area contributed by atoms with E-state index in [2.05, 4.69) is 5.32 Å². The summed E-state index contributed by atoms with van der Waals surface area (Å²) in [7, 11) is 1.54. The quantitative estimate of drug-likeness (QED) is 0.861. The van der Waals surface area contributed by atoms with Gasteiger partial charge in [-0.2, -0.15) is 0 Å². The summed E-state index contributed by atoms with van der Waals surface area (Å²) in [5.74, 6) is 1.05. The maximum Gasteiger partial charge on any atom is 0.222 e. The second kappa shape index (κ2) is 7.31. The summed E-state index contributed by atoms with van der Waals surface area (Å²) in [5.41, 5.74) is 0.829. The normalized spacial score (nSPS) is 16.6. The molecule has 5 nitrogen and oxygen atoms in total. The molecule has 1 aliphatic heterocycles. The van der Waals surface area contributed by atoms with Gasteiger partial charge in [0.25, 0.3) is 0 Å². The fraction of sp³-hybridized carbons (Fsp3) is 0.562. The zero-order valence-corrected chi connectivity index (χ0v) is 12.8. The Kier molecular flexibility index (Phi) is 5.44. The van der Waals surface area contributed by atoms with Crippen LogP contribution >= 0.6 is 0 Å². The summed E-state index contributed by atoms with van der Waals surface area (Å²) in [6.07, 6.45) is 1.18. The van der Waals surface area contributed by atoms with Gasteiger partial charge in [0, 0.05) is 32.6 Å². The molecule has 1 aliphatic rings. The Morgan fingerprint density at radius 2 is 2.14 bits per heavy atom. The summed E-state index contributed by atoms with van der Waals surface area (Å²) in [6.45, 7) is 5.36. The molecular formula is C16H24N2O3. The summed E-state index contributed by atoms with van der Waals surface area (Å²) in [4.78, 5) is 14.1. The van der Waals surface area contributed by atoms with Crippen molar-refractivity contribution in [3.8, 4) is 11.5 Å². The van der Waals surface area contributed by atoms with Crippen LogP contribution in [0.5, 0.6) is 11.5 Å². The smallest absolute Gasteiger partial charge is 0.222 e. The molecule has 0 radical (unpaired) electrons. The topological polar surface area (TPSA) is 61.8 Å². The molecular weight excluding hydrogens is 268 g/mol. The van der Waals surface area contributed by atoms with Crippen molar-refractivity contribution in [2.24, 2.45) is 5.92 Å². The molecule has 2 N–H and O–H groups in total. The van der Waals surface area contributed by atoms with Crippen LogP contribution in [0.1, 0.15) is 18.9 Å². The van der Waals surface area contributed by atoms with Gasteiger partial charge in [0.1, 0.15) is 0 Å². The largest absolute Gasteiger partial charge is 0.504 e. The van der Waals surface area contributed by atoms with E-state index in [1.807, 2.05) is 24.0 Å². The molecule has 1 saturated heterocycles. The maximum absolute atomic E-state index is 12.2. The number of piperazine rings is 1. The van der Waals surface area contributed by atoms with Crippen molar-refractivity contribution in [3.63, 3.8) is 0 Å². The van der Waals surface area contributed by atoms with Crippen molar-refractivity contribution in [2.45, 2.75) is 19.8 Å². The van der Waals surface area contributed by atoms with Gasteiger partial charge in [0.2, 0.25) is 5.91 Å². The van der Waals surface area contributed by atoms with Crippen molar-refractivity contribution >= 4 is 5.91 Å². The molecule has 0 aliphatic carbocycles. The minimum Gasteiger partial charge on any atom is -0.504 e. The van der Waals surface area contributed by atoms with Gasteiger partial charge in [-0.05, 0) is 24.0 Å². The Morgan fingerprint density at radius 3 is 2.81 bits per heavy atom. The van der Waals surface area contributed by atoms with Crippen LogP contribution in [0.3, 0.4) is 0 Å². The summed E-state index contributed by atoms with van der Waals surface area (Å²) in [5, 5.41) is 13.3. The Hall–Kier alpha value is -1.75. The van der Waals surface area contributed by atoms with Gasteiger partial charge >= 0.3 is 0 Å². The SMILES string of the molecule is COc1cccc(CC(C)CC(=O)N2CCNCC2)c1O. The first-order valence-corrected chi connectivity index (χ1v) is 7.45. The first-order valence-electron chi connectivity index (χ1n) is 7.45. The minimum absolute atomic E-state index is 0.182. The number of ether oxygens (including phenoxy) is 1. The molecule has 5 heteroatoms. The number of nitrogens with one attached hydrogen (secondary N) is 1. The van der Waals surface area contributed by atoms with E-state index in [-0.39, 0.29) is 17.6 Å². The predicted molar refractivity (Wildman–Crippen MR) is 81.6 cm³/mol. The zero-order valence-electron chi connectivity index (χ0n) is 12.8. The molecule has 116 valence electrons. The molecule has 0 saturated carbocycles. The molecule has 1 heterocycles. The van der Waals surface area contributed by atoms with Crippen LogP contribution in [0.2, 0.25) is 0 Å². The molecule has 1 unspecified atom stereocenters. The average Bonchev–Trinajstić information content (AvgIpc) is 2.50. The minimum atomic E-state index is 0.182. The van der Waals surface area contributed by atoms with Crippen LogP contribution in [-0.4, -0.2) is 49.2 Å². The van der Waals surface area contributed by atoms with Crippen LogP contribution in [0.15, 0.2) is 18.2 Å². The average molecular weight is 292 g/mol. The van der Waals surface area contributed by atoms with Crippen LogP contribution in [0.25, 0.3) is 0 Å². The number of para-hydroxylation sites is 1. The van der Waals surface area contributed by atoms with Gasteiger partial charge in [-0.15, -0.1) is 0 Å². The highest BCUT2D eigenvalue weighted by Crippen LogP contribution is 2.31. The molecule has 1 aromatic carbocycles. The fourth-order valence-corrected chi connectivity index (χ4v) is 2.69. The van der Waals surface area contributed by atoms with Gasteiger partial charge in [0.05, 0.1) is 7.11 Å². The Labute approximate surface area is 125 Å². The van der Waals surface area contributed by atoms with Crippen molar-refractivity contribution in [1.82, 2.24) is 10.2 Å². The third kappa shape index (κ3) is 4.11. The number of benzene rings is 1. The highest BCUT2D eigenvalue weighted by Gasteiger charge is 2.19. The number of nitrogens with zero attached hydrogens (tertiary/aromatic N) is 1. The first-order chi connectivity index (χ1) is 10.1. The molecule has 0 spiro atoms. The molecule has 1 fully saturated rings. The number of methoxy groups -OCH3 is 1. The number of hydrogen-bond acceptors (Lipinski definition) is 4. The Morgan fingerprint density at radius 1 is 1.43 bits per heavy atom. The number of aromatic hydroxyl groups is 1. The summed E-state index contributed by atoms with van der Waals surface area (Å²) >= 11 is 0. The van der Waals surface area contributed by atoms with E-state index in [9.17, 15) is 9.90 Å². The monoisotopic (exact) mass is 292 g/mol. The third-order valence-corrected chi connectivity index (χ3v) is 3.86. The molecule has 1 atom stereocenters. The van der Waals surface area contributed by atoms with E-state index in [0.717, 1.165) is 31.7 Å². The number of carbonyl (C=O) groups excluding carboxylic acids is 1. The second-order valence-corrected chi connectivity index (χ2v) is 5.61. The Bertz CT molecular complexity index is 484. The van der Waals surface area contributed by atoms with Crippen LogP contribution in [0.4, 0.5) is 0 Å². The third-order valence-electron chi connectivity index (χ3n) is 3.86. The second-order valence-electron chi connectivity index (χ2n) is 5.61. The highest BCUT2D eigenvalue weighted by atomic mass is 16.5. The lowest BCUT2D eigenvalue weighted by atomic mass is 9.96. The van der Waals surface area contributed by atoms with Crippen molar-refractivity contribution in [3.05, 3.63) is 23.8 Å². The molecule has 21 heavy (non-hydrogen) atoms. The highest BCUT2D eigenvalue weighted by molar-refractivity contribution is 5.76. The molecule has 0 aromatic heterocycles. The van der Waals surface area contributed by atoms with Gasteiger partial charge in [-0.1, -0.05) is 19.1 Å². The Balaban J connectivity index is 1.92. The van der Waals surface area contributed by atoms with Crippen molar-refractivity contribution in [2.75, 3.05) is 33.3 Å². The van der Waals surface area contributed by atoms with Gasteiger partial charge in [-0.3, -0.25) is 4.79 Å². The van der Waals surface area contributed by atoms with Gasteiger partial charge in [0.15, 0.2) is 11.5 Å². The van der Waals surface area contributed by atoms with Crippen molar-refractivity contribution < 1.29 is 14.6 Å². The van der Waals surface area contributed by atoms with E-state index >= 15 is 0 Å². The zero-order chi connectivity index (χ0) is 15.2. The number of amides is 1. The lowest BCUT2D eigenvalue weighted by Crippen LogP contribution is -2.46. The van der Waals surface area contributed by atoms with E-state index in [0.29, 0.717) is 18.6 Å². The molecule has 2 rings (SSSR count). The van der Waals surface area contributed by atoms with Gasteiger partial charge < -0.3 is 20.1 Å². The van der Waals surface area contributed by atoms with Crippen molar-refractivity contribution in [1.29, 1.82) is 0 Å². The number of phenols is 1. The number of phenolic OH excluding ortho intramolecular Hbond substituents is 1. The standard InChI is InChI=1S/C16H24N2O3/c1-12(11-15(19)18-8-6-17-7-9-18)10-13-4-3-5-14(21-2)16(13)20/h3-5,12,17,20H,6-11H2,1-2H3. The van der Waals surface area contributed by atoms with E-state index in [4.69, 9.17) is 4.74 Å². The van der Waals surface area contributed by atoms with E-state index in [1.54, 1.807) is 6.07 Å². The summed E-state index contributed by atoms with van der Waals surface area (Å²) < 4.78 is 5.11. The lowest BCUT2D eigenvalue weighted by Gasteiger charge is -2.28. The summed E-state index contributed by atoms with van der Waals surface area (Å²) in [6, 6.07) is 5.47. The fourth-order valence-electron chi connectivity index (χ4n) is 2.69. The van der Waals surface area contributed by atoms with Crippen LogP contribution in [-0.2, 0) is 11.2 Å². The van der Waals surface area contributed by atoms with Gasteiger partial charge in [-0.25, -0.2) is 0 Å². The molecule has 0 bridgehead atoms. The van der Waals surface area contributed by atoms with Crippen LogP contribution in [0, 0.1) is 5.92 Å².